The van der Waals surface area contributed by atoms with E-state index >= 15 is 0 Å². The number of carbonyl (C=O) groups excluding carboxylic acids is 2. The number of terminal acetylenes is 1. The first-order valence-electron chi connectivity index (χ1n) is 6.80. The molecule has 0 atom stereocenters. The van der Waals surface area contributed by atoms with Gasteiger partial charge in [-0.15, -0.1) is 17.8 Å². The van der Waals surface area contributed by atoms with Crippen molar-refractivity contribution < 1.29 is 14.0 Å². The number of nitrogens with one attached hydrogen (secondary N) is 2. The molecule has 2 aromatic rings. The van der Waals surface area contributed by atoms with Gasteiger partial charge in [0.05, 0.1) is 6.54 Å². The molecule has 0 aliphatic rings. The number of amides is 2. The van der Waals surface area contributed by atoms with Gasteiger partial charge in [-0.05, 0) is 24.0 Å². The molecule has 1 heterocycles. The predicted octanol–water partition coefficient (Wildman–Crippen LogP) is 1.50. The van der Waals surface area contributed by atoms with Crippen molar-refractivity contribution in [2.75, 3.05) is 6.54 Å². The molecule has 0 aliphatic heterocycles. The smallest absolute Gasteiger partial charge is 0.295 e. The van der Waals surface area contributed by atoms with Crippen molar-refractivity contribution in [2.45, 2.75) is 13.0 Å². The highest BCUT2D eigenvalue weighted by Gasteiger charge is 2.11. The Morgan fingerprint density at radius 3 is 2.83 bits per heavy atom. The fourth-order valence-corrected chi connectivity index (χ4v) is 2.52. The van der Waals surface area contributed by atoms with Gasteiger partial charge >= 0.3 is 0 Å². The summed E-state index contributed by atoms with van der Waals surface area (Å²) < 4.78 is 13.4. The lowest BCUT2D eigenvalue weighted by molar-refractivity contribution is -0.115. The lowest BCUT2D eigenvalue weighted by atomic mass is 10.1. The van der Waals surface area contributed by atoms with E-state index in [0.29, 0.717) is 23.5 Å². The highest BCUT2D eigenvalue weighted by atomic mass is 32.1. The molecule has 7 heteroatoms. The van der Waals surface area contributed by atoms with Gasteiger partial charge in [-0.2, -0.15) is 0 Å². The molecule has 0 saturated carbocycles. The van der Waals surface area contributed by atoms with Crippen molar-refractivity contribution in [3.8, 4) is 12.3 Å². The highest BCUT2D eigenvalue weighted by molar-refractivity contribution is 7.09. The molecule has 1 aromatic heterocycles. The third-order valence-corrected chi connectivity index (χ3v) is 3.80. The van der Waals surface area contributed by atoms with Crippen LogP contribution in [0.3, 0.4) is 0 Å². The summed E-state index contributed by atoms with van der Waals surface area (Å²) in [6.45, 7) is 0.483. The van der Waals surface area contributed by atoms with Crippen LogP contribution in [0.5, 0.6) is 0 Å². The minimum Gasteiger partial charge on any atom is -0.350 e. The predicted molar refractivity (Wildman–Crippen MR) is 85.2 cm³/mol. The number of hydrogen-bond acceptors (Lipinski definition) is 4. The van der Waals surface area contributed by atoms with E-state index in [0.717, 1.165) is 0 Å². The maximum absolute atomic E-state index is 13.4. The summed E-state index contributed by atoms with van der Waals surface area (Å²) in [6.07, 6.45) is 5.33. The molecular weight excluding hydrogens is 317 g/mol. The van der Waals surface area contributed by atoms with E-state index < -0.39 is 5.91 Å². The van der Waals surface area contributed by atoms with E-state index in [1.54, 1.807) is 23.6 Å². The molecule has 5 nitrogen and oxygen atoms in total. The van der Waals surface area contributed by atoms with E-state index in [9.17, 15) is 14.0 Å². The van der Waals surface area contributed by atoms with Gasteiger partial charge in [0, 0.05) is 11.9 Å². The number of benzene rings is 1. The van der Waals surface area contributed by atoms with E-state index in [-0.39, 0.29) is 24.0 Å². The number of aromatic nitrogens is 1. The molecule has 0 fully saturated rings. The Balaban J connectivity index is 1.82. The molecule has 118 valence electrons. The number of thiazole rings is 1. The summed E-state index contributed by atoms with van der Waals surface area (Å²) >= 11 is 1.25. The van der Waals surface area contributed by atoms with E-state index in [4.69, 9.17) is 6.42 Å². The first kappa shape index (κ1) is 16.6. The second kappa shape index (κ2) is 8.06. The Morgan fingerprint density at radius 1 is 1.30 bits per heavy atom. The Bertz CT molecular complexity index is 752. The van der Waals surface area contributed by atoms with Gasteiger partial charge in [0.1, 0.15) is 16.5 Å². The molecule has 0 unspecified atom stereocenters. The van der Waals surface area contributed by atoms with E-state index in [1.807, 2.05) is 5.92 Å². The third-order valence-electron chi connectivity index (χ3n) is 2.95. The number of nitrogens with zero attached hydrogens (tertiary/aromatic N) is 1. The third kappa shape index (κ3) is 4.90. The van der Waals surface area contributed by atoms with Crippen LogP contribution in [-0.2, 0) is 17.8 Å². The van der Waals surface area contributed by atoms with Crippen LogP contribution >= 0.6 is 11.3 Å². The van der Waals surface area contributed by atoms with Crippen LogP contribution in [0.15, 0.2) is 29.6 Å². The van der Waals surface area contributed by atoms with Gasteiger partial charge in [-0.3, -0.25) is 9.59 Å². The molecule has 2 N–H and O–H groups in total. The summed E-state index contributed by atoms with van der Waals surface area (Å²) in [7, 11) is 0. The standard InChI is InChI=1S/C16H14FN3O2S/c1-2-14(21)19-9-15-20-13(10-23-15)16(22)18-8-7-11-5-3-4-6-12(11)17/h1,3-6,10H,7-9H2,(H,18,22)(H,19,21). The first-order valence-corrected chi connectivity index (χ1v) is 7.68. The van der Waals surface area contributed by atoms with Gasteiger partial charge in [0.2, 0.25) is 0 Å². The van der Waals surface area contributed by atoms with Gasteiger partial charge < -0.3 is 10.6 Å². The van der Waals surface area contributed by atoms with Crippen molar-refractivity contribution in [2.24, 2.45) is 0 Å². The molecule has 0 spiro atoms. The summed E-state index contributed by atoms with van der Waals surface area (Å²) in [5.74, 6) is 0.768. The zero-order valence-electron chi connectivity index (χ0n) is 12.1. The van der Waals surface area contributed by atoms with Gasteiger partial charge in [0.15, 0.2) is 0 Å². The minimum atomic E-state index is -0.531. The SMILES string of the molecule is C#CC(=O)NCc1nc(C(=O)NCCc2ccccc2F)cs1. The van der Waals surface area contributed by atoms with Crippen molar-refractivity contribution in [1.82, 2.24) is 15.6 Å². The minimum absolute atomic E-state index is 0.177. The molecule has 23 heavy (non-hydrogen) atoms. The zero-order valence-corrected chi connectivity index (χ0v) is 13.0. The van der Waals surface area contributed by atoms with Crippen molar-refractivity contribution >= 4 is 23.2 Å². The first-order chi connectivity index (χ1) is 11.1. The quantitative estimate of drug-likeness (QED) is 0.788. The number of hydrogen-bond donors (Lipinski definition) is 2. The van der Waals surface area contributed by atoms with Crippen molar-refractivity contribution in [3.05, 3.63) is 51.7 Å². The van der Waals surface area contributed by atoms with Crippen LogP contribution in [0.4, 0.5) is 4.39 Å². The maximum Gasteiger partial charge on any atom is 0.295 e. The van der Waals surface area contributed by atoms with Gasteiger partial charge in [-0.1, -0.05) is 18.2 Å². The monoisotopic (exact) mass is 331 g/mol. The largest absolute Gasteiger partial charge is 0.350 e. The lowest BCUT2D eigenvalue weighted by Crippen LogP contribution is -2.26. The van der Waals surface area contributed by atoms with Crippen molar-refractivity contribution in [3.63, 3.8) is 0 Å². The van der Waals surface area contributed by atoms with Crippen LogP contribution < -0.4 is 10.6 Å². The Hall–Kier alpha value is -2.72. The average molecular weight is 331 g/mol. The average Bonchev–Trinajstić information content (AvgIpc) is 3.03. The zero-order chi connectivity index (χ0) is 16.7. The van der Waals surface area contributed by atoms with Crippen LogP contribution in [0.1, 0.15) is 21.1 Å². The molecule has 0 aliphatic carbocycles. The van der Waals surface area contributed by atoms with E-state index in [1.165, 1.54) is 17.4 Å². The molecule has 0 bridgehead atoms. The summed E-state index contributed by atoms with van der Waals surface area (Å²) in [6, 6.07) is 6.43. The topological polar surface area (TPSA) is 71.1 Å². The Morgan fingerprint density at radius 2 is 2.09 bits per heavy atom. The summed E-state index contributed by atoms with van der Waals surface area (Å²) in [5.41, 5.74) is 0.803. The fraction of sp³-hybridized carbons (Fsp3) is 0.188. The summed E-state index contributed by atoms with van der Waals surface area (Å²) in [5, 5.41) is 7.32. The number of carbonyl (C=O) groups is 2. The van der Waals surface area contributed by atoms with Crippen LogP contribution in [0.2, 0.25) is 0 Å². The molecule has 2 amide bonds. The Labute approximate surface area is 136 Å². The van der Waals surface area contributed by atoms with Crippen LogP contribution in [-0.4, -0.2) is 23.3 Å². The van der Waals surface area contributed by atoms with Gasteiger partial charge in [0.25, 0.3) is 11.8 Å². The second-order valence-corrected chi connectivity index (χ2v) is 5.49. The number of halogens is 1. The van der Waals surface area contributed by atoms with Crippen molar-refractivity contribution in [1.29, 1.82) is 0 Å². The molecular formula is C16H14FN3O2S. The molecule has 1 aromatic carbocycles. The second-order valence-electron chi connectivity index (χ2n) is 4.55. The van der Waals surface area contributed by atoms with Crippen LogP contribution in [0.25, 0.3) is 0 Å². The number of rotatable bonds is 6. The molecule has 0 radical (unpaired) electrons. The highest BCUT2D eigenvalue weighted by Crippen LogP contribution is 2.10. The fourth-order valence-electron chi connectivity index (χ4n) is 1.81. The lowest BCUT2D eigenvalue weighted by Gasteiger charge is -2.04. The van der Waals surface area contributed by atoms with Crippen LogP contribution in [0, 0.1) is 18.2 Å². The molecule has 2 rings (SSSR count). The summed E-state index contributed by atoms with van der Waals surface area (Å²) in [4.78, 5) is 27.0. The molecule has 0 saturated heterocycles. The van der Waals surface area contributed by atoms with E-state index in [2.05, 4.69) is 15.6 Å². The van der Waals surface area contributed by atoms with Gasteiger partial charge in [-0.25, -0.2) is 9.37 Å². The Kier molecular flexibility index (Phi) is 5.83. The maximum atomic E-state index is 13.4. The normalized spacial score (nSPS) is 9.91.